The lowest BCUT2D eigenvalue weighted by molar-refractivity contribution is 0.976. The highest BCUT2D eigenvalue weighted by Gasteiger charge is 2.06. The van der Waals surface area contributed by atoms with E-state index in [9.17, 15) is 0 Å². The number of hydrogen-bond donors (Lipinski definition) is 1. The van der Waals surface area contributed by atoms with Gasteiger partial charge in [-0.3, -0.25) is 0 Å². The van der Waals surface area contributed by atoms with Crippen molar-refractivity contribution in [3.05, 3.63) is 40.5 Å². The fraction of sp³-hybridized carbons (Fsp3) is 0. The van der Waals surface area contributed by atoms with Crippen molar-refractivity contribution < 1.29 is 0 Å². The summed E-state index contributed by atoms with van der Waals surface area (Å²) < 4.78 is 0. The molecule has 82 valence electrons. The van der Waals surface area contributed by atoms with Crippen molar-refractivity contribution in [2.75, 3.05) is 5.73 Å². The van der Waals surface area contributed by atoms with Crippen molar-refractivity contribution in [2.45, 2.75) is 10.1 Å². The van der Waals surface area contributed by atoms with Crippen LogP contribution in [0.2, 0.25) is 10.0 Å². The molecule has 2 aromatic rings. The fourth-order valence-corrected chi connectivity index (χ4v) is 2.34. The van der Waals surface area contributed by atoms with Crippen LogP contribution in [0, 0.1) is 0 Å². The predicted octanol–water partition coefficient (Wildman–Crippen LogP) is 3.52. The average Bonchev–Trinajstić information content (AvgIpc) is 2.24. The first-order valence-electron chi connectivity index (χ1n) is 4.36. The van der Waals surface area contributed by atoms with Gasteiger partial charge in [0.2, 0.25) is 0 Å². The minimum absolute atomic E-state index is 0.427. The standard InChI is InChI=1S/C10H7Cl2N3S/c11-6-1-2-7(12)8(5-6)16-10-14-4-3-9(13)15-10/h1-5H,(H2,13,14,15). The molecule has 1 aromatic heterocycles. The zero-order valence-electron chi connectivity index (χ0n) is 8.02. The Bertz CT molecular complexity index is 519. The highest BCUT2D eigenvalue weighted by molar-refractivity contribution is 7.99. The minimum Gasteiger partial charge on any atom is -0.384 e. The van der Waals surface area contributed by atoms with Crippen LogP contribution in [-0.2, 0) is 0 Å². The highest BCUT2D eigenvalue weighted by Crippen LogP contribution is 2.33. The van der Waals surface area contributed by atoms with Crippen LogP contribution in [0.25, 0.3) is 0 Å². The molecule has 0 aliphatic rings. The lowest BCUT2D eigenvalue weighted by Crippen LogP contribution is -1.92. The van der Waals surface area contributed by atoms with Crippen LogP contribution >= 0.6 is 35.0 Å². The van der Waals surface area contributed by atoms with Gasteiger partial charge in [0.1, 0.15) is 5.82 Å². The van der Waals surface area contributed by atoms with Gasteiger partial charge in [0.15, 0.2) is 5.16 Å². The predicted molar refractivity (Wildman–Crippen MR) is 67.0 cm³/mol. The number of halogens is 2. The molecule has 0 saturated heterocycles. The number of nitrogens with two attached hydrogens (primary N) is 1. The van der Waals surface area contributed by atoms with Crippen LogP contribution in [0.15, 0.2) is 40.5 Å². The molecule has 0 atom stereocenters. The Kier molecular flexibility index (Phi) is 3.53. The summed E-state index contributed by atoms with van der Waals surface area (Å²) >= 11 is 13.2. The second-order valence-electron chi connectivity index (χ2n) is 2.94. The third-order valence-electron chi connectivity index (χ3n) is 1.75. The molecule has 0 spiro atoms. The van der Waals surface area contributed by atoms with Gasteiger partial charge in [-0.05, 0) is 36.0 Å². The van der Waals surface area contributed by atoms with Gasteiger partial charge in [-0.2, -0.15) is 0 Å². The Labute approximate surface area is 107 Å². The van der Waals surface area contributed by atoms with Gasteiger partial charge >= 0.3 is 0 Å². The van der Waals surface area contributed by atoms with E-state index >= 15 is 0 Å². The van der Waals surface area contributed by atoms with E-state index in [-0.39, 0.29) is 0 Å². The summed E-state index contributed by atoms with van der Waals surface area (Å²) in [4.78, 5) is 8.95. The van der Waals surface area contributed by atoms with Gasteiger partial charge in [-0.15, -0.1) is 0 Å². The van der Waals surface area contributed by atoms with E-state index in [1.807, 2.05) is 0 Å². The lowest BCUT2D eigenvalue weighted by Gasteiger charge is -2.03. The number of nitrogens with zero attached hydrogens (tertiary/aromatic N) is 2. The Morgan fingerprint density at radius 3 is 2.75 bits per heavy atom. The highest BCUT2D eigenvalue weighted by atomic mass is 35.5. The summed E-state index contributed by atoms with van der Waals surface area (Å²) in [5.41, 5.74) is 5.56. The summed E-state index contributed by atoms with van der Waals surface area (Å²) in [7, 11) is 0. The quantitative estimate of drug-likeness (QED) is 0.850. The van der Waals surface area contributed by atoms with E-state index in [1.165, 1.54) is 11.8 Å². The molecule has 0 saturated carbocycles. The SMILES string of the molecule is Nc1ccnc(Sc2cc(Cl)ccc2Cl)n1. The first kappa shape index (κ1) is 11.5. The molecular formula is C10H7Cl2N3S. The summed E-state index contributed by atoms with van der Waals surface area (Å²) in [6.07, 6.45) is 1.60. The van der Waals surface area contributed by atoms with Crippen LogP contribution in [0.4, 0.5) is 5.82 Å². The molecule has 6 heteroatoms. The molecule has 2 rings (SSSR count). The first-order valence-corrected chi connectivity index (χ1v) is 5.94. The van der Waals surface area contributed by atoms with Crippen molar-refractivity contribution >= 4 is 40.8 Å². The van der Waals surface area contributed by atoms with Gasteiger partial charge in [-0.1, -0.05) is 23.2 Å². The van der Waals surface area contributed by atoms with Crippen LogP contribution in [0.3, 0.4) is 0 Å². The second kappa shape index (κ2) is 4.91. The molecule has 1 heterocycles. The molecule has 0 fully saturated rings. The third kappa shape index (κ3) is 2.78. The minimum atomic E-state index is 0.427. The number of hydrogen-bond acceptors (Lipinski definition) is 4. The zero-order valence-corrected chi connectivity index (χ0v) is 10.4. The van der Waals surface area contributed by atoms with Gasteiger partial charge in [-0.25, -0.2) is 9.97 Å². The Balaban J connectivity index is 2.30. The molecule has 0 aliphatic carbocycles. The third-order valence-corrected chi connectivity index (χ3v) is 3.36. The van der Waals surface area contributed by atoms with E-state index in [4.69, 9.17) is 28.9 Å². The fourth-order valence-electron chi connectivity index (χ4n) is 1.06. The van der Waals surface area contributed by atoms with Gasteiger partial charge in [0.25, 0.3) is 0 Å². The number of nitrogen functional groups attached to an aromatic ring is 1. The van der Waals surface area contributed by atoms with E-state index < -0.39 is 0 Å². The van der Waals surface area contributed by atoms with Crippen molar-refractivity contribution in [3.8, 4) is 0 Å². The largest absolute Gasteiger partial charge is 0.384 e. The molecule has 2 N–H and O–H groups in total. The Morgan fingerprint density at radius 1 is 1.19 bits per heavy atom. The molecule has 0 aliphatic heterocycles. The maximum absolute atomic E-state index is 6.02. The number of aromatic nitrogens is 2. The maximum atomic E-state index is 6.02. The maximum Gasteiger partial charge on any atom is 0.194 e. The van der Waals surface area contributed by atoms with Crippen LogP contribution in [0.5, 0.6) is 0 Å². The topological polar surface area (TPSA) is 51.8 Å². The smallest absolute Gasteiger partial charge is 0.194 e. The molecule has 0 bridgehead atoms. The summed E-state index contributed by atoms with van der Waals surface area (Å²) in [6.45, 7) is 0. The second-order valence-corrected chi connectivity index (χ2v) is 4.79. The average molecular weight is 272 g/mol. The zero-order chi connectivity index (χ0) is 11.5. The number of rotatable bonds is 2. The van der Waals surface area contributed by atoms with Crippen molar-refractivity contribution in [1.29, 1.82) is 0 Å². The van der Waals surface area contributed by atoms with Gasteiger partial charge in [0, 0.05) is 16.1 Å². The van der Waals surface area contributed by atoms with Crippen LogP contribution in [-0.4, -0.2) is 9.97 Å². The molecule has 0 radical (unpaired) electrons. The Morgan fingerprint density at radius 2 is 2.00 bits per heavy atom. The Hall–Kier alpha value is -0.970. The number of anilines is 1. The summed E-state index contributed by atoms with van der Waals surface area (Å²) in [5, 5.41) is 1.78. The molecule has 0 unspecified atom stereocenters. The van der Waals surface area contributed by atoms with Crippen molar-refractivity contribution in [1.82, 2.24) is 9.97 Å². The normalized spacial score (nSPS) is 10.4. The number of benzene rings is 1. The molecular weight excluding hydrogens is 265 g/mol. The van der Waals surface area contributed by atoms with E-state index in [2.05, 4.69) is 9.97 Å². The van der Waals surface area contributed by atoms with Gasteiger partial charge in [0.05, 0.1) is 5.02 Å². The van der Waals surface area contributed by atoms with Crippen molar-refractivity contribution in [3.63, 3.8) is 0 Å². The van der Waals surface area contributed by atoms with E-state index in [1.54, 1.807) is 30.5 Å². The van der Waals surface area contributed by atoms with Crippen LogP contribution < -0.4 is 5.73 Å². The van der Waals surface area contributed by atoms with Crippen molar-refractivity contribution in [2.24, 2.45) is 0 Å². The van der Waals surface area contributed by atoms with Crippen LogP contribution in [0.1, 0.15) is 0 Å². The van der Waals surface area contributed by atoms with Gasteiger partial charge < -0.3 is 5.73 Å². The summed E-state index contributed by atoms with van der Waals surface area (Å²) in [5.74, 6) is 0.427. The van der Waals surface area contributed by atoms with E-state index in [0.29, 0.717) is 21.0 Å². The molecule has 1 aromatic carbocycles. The van der Waals surface area contributed by atoms with E-state index in [0.717, 1.165) is 4.90 Å². The monoisotopic (exact) mass is 271 g/mol. The first-order chi connectivity index (χ1) is 7.65. The molecule has 16 heavy (non-hydrogen) atoms. The summed E-state index contributed by atoms with van der Waals surface area (Å²) in [6, 6.07) is 6.86. The lowest BCUT2D eigenvalue weighted by atomic mass is 10.4. The molecule has 3 nitrogen and oxygen atoms in total. The molecule has 0 amide bonds.